The molecule has 3 aromatic carbocycles. The minimum absolute atomic E-state index is 0.246. The van der Waals surface area contributed by atoms with E-state index in [-0.39, 0.29) is 6.04 Å². The van der Waals surface area contributed by atoms with Crippen molar-refractivity contribution in [2.75, 3.05) is 9.80 Å². The van der Waals surface area contributed by atoms with Gasteiger partial charge in [-0.2, -0.15) is 0 Å². The number of nitrogens with zero attached hydrogens (tertiary/aromatic N) is 2. The first kappa shape index (κ1) is 31.8. The molecule has 46 heavy (non-hydrogen) atoms. The Bertz CT molecular complexity index is 1770. The number of fused-ring (bicyclic) bond motifs is 1. The van der Waals surface area contributed by atoms with E-state index in [1.165, 1.54) is 28.1 Å². The zero-order valence-corrected chi connectivity index (χ0v) is 26.5. The van der Waals surface area contributed by atoms with Crippen LogP contribution in [0.5, 0.6) is 0 Å². The molecule has 0 saturated heterocycles. The molecule has 0 aromatic heterocycles. The van der Waals surface area contributed by atoms with Crippen molar-refractivity contribution in [1.29, 1.82) is 0 Å². The van der Waals surface area contributed by atoms with Gasteiger partial charge in [0.15, 0.2) is 0 Å². The summed E-state index contributed by atoms with van der Waals surface area (Å²) in [6, 6.07) is 26.6. The summed E-state index contributed by atoms with van der Waals surface area (Å²) in [5, 5.41) is 0. The Labute approximate surface area is 275 Å². The van der Waals surface area contributed by atoms with Gasteiger partial charge in [0.2, 0.25) is 0 Å². The minimum atomic E-state index is 0.246. The molecule has 0 spiro atoms. The van der Waals surface area contributed by atoms with Crippen LogP contribution in [0.1, 0.15) is 36.4 Å². The lowest BCUT2D eigenvalue weighted by molar-refractivity contribution is 0.679. The van der Waals surface area contributed by atoms with Gasteiger partial charge in [0, 0.05) is 29.0 Å². The van der Waals surface area contributed by atoms with Gasteiger partial charge in [-0.05, 0) is 95.7 Å². The van der Waals surface area contributed by atoms with Crippen LogP contribution in [0, 0.1) is 0 Å². The third kappa shape index (κ3) is 7.54. The predicted molar refractivity (Wildman–Crippen MR) is 201 cm³/mol. The van der Waals surface area contributed by atoms with Crippen LogP contribution >= 0.6 is 0 Å². The number of anilines is 2. The molecule has 0 aliphatic heterocycles. The van der Waals surface area contributed by atoms with Gasteiger partial charge >= 0.3 is 0 Å². The molecule has 0 amide bonds. The molecule has 3 aromatic rings. The number of allylic oxidation sites excluding steroid dienone is 13. The van der Waals surface area contributed by atoms with Crippen LogP contribution in [0.25, 0.3) is 17.2 Å². The van der Waals surface area contributed by atoms with Crippen LogP contribution < -0.4 is 9.80 Å². The van der Waals surface area contributed by atoms with Crippen molar-refractivity contribution in [2.24, 2.45) is 0 Å². The summed E-state index contributed by atoms with van der Waals surface area (Å²) in [5.41, 5.74) is 10.4. The van der Waals surface area contributed by atoms with Gasteiger partial charge in [-0.1, -0.05) is 136 Å². The maximum atomic E-state index is 4.04. The minimum Gasteiger partial charge on any atom is -0.334 e. The Kier molecular flexibility index (Phi) is 11.0. The van der Waals surface area contributed by atoms with E-state index in [1.54, 1.807) is 18.2 Å². The average molecular weight is 599 g/mol. The molecule has 0 N–H and O–H groups in total. The van der Waals surface area contributed by atoms with Crippen molar-refractivity contribution in [1.82, 2.24) is 0 Å². The molecular weight excluding hydrogens is 556 g/mol. The molecule has 2 aliphatic carbocycles. The van der Waals surface area contributed by atoms with Gasteiger partial charge in [0.1, 0.15) is 0 Å². The smallest absolute Gasteiger partial charge is 0.0631 e. The molecule has 2 heteroatoms. The molecule has 0 fully saturated rings. The van der Waals surface area contributed by atoms with Gasteiger partial charge in [0.25, 0.3) is 0 Å². The Morgan fingerprint density at radius 3 is 2.07 bits per heavy atom. The second-order valence-electron chi connectivity index (χ2n) is 11.1. The molecule has 1 atom stereocenters. The summed E-state index contributed by atoms with van der Waals surface area (Å²) in [4.78, 5) is 4.61. The van der Waals surface area contributed by atoms with Crippen molar-refractivity contribution in [2.45, 2.75) is 25.3 Å². The first-order valence-electron chi connectivity index (χ1n) is 15.8. The number of hydrogen-bond acceptors (Lipinski definition) is 2. The highest BCUT2D eigenvalue weighted by Crippen LogP contribution is 2.40. The quantitative estimate of drug-likeness (QED) is 0.181. The fourth-order valence-electron chi connectivity index (χ4n) is 5.91. The standard InChI is InChI=1S/C44H42N2/c1-5-9-18-35(16-6-2)33-34-45(39(8-4)17-7-3)40-29-25-36(26-30-40)37-27-31-42(32-28-37)46(41-21-11-10-12-22-41)44-24-15-20-38-19-13-14-23-43(38)44/h5-9,11,13-23,25-34,44H,1-4,10,12,24H2/b18-9-,34-33+,35-16-,39-17+. The van der Waals surface area contributed by atoms with E-state index < -0.39 is 0 Å². The molecule has 0 saturated carbocycles. The van der Waals surface area contributed by atoms with Crippen molar-refractivity contribution in [3.63, 3.8) is 0 Å². The molecule has 0 radical (unpaired) electrons. The fourth-order valence-corrected chi connectivity index (χ4v) is 5.91. The molecule has 5 rings (SSSR count). The summed E-state index contributed by atoms with van der Waals surface area (Å²) in [6.45, 7) is 15.6. The molecule has 0 bridgehead atoms. The van der Waals surface area contributed by atoms with E-state index >= 15 is 0 Å². The highest BCUT2D eigenvalue weighted by Gasteiger charge is 2.26. The van der Waals surface area contributed by atoms with E-state index in [2.05, 4.69) is 139 Å². The van der Waals surface area contributed by atoms with Crippen molar-refractivity contribution < 1.29 is 0 Å². The van der Waals surface area contributed by atoms with E-state index in [4.69, 9.17) is 0 Å². The maximum Gasteiger partial charge on any atom is 0.0631 e. The zero-order chi connectivity index (χ0) is 32.1. The largest absolute Gasteiger partial charge is 0.334 e. The first-order chi connectivity index (χ1) is 22.7. The highest BCUT2D eigenvalue weighted by atomic mass is 15.2. The summed E-state index contributed by atoms with van der Waals surface area (Å²) in [7, 11) is 0. The van der Waals surface area contributed by atoms with E-state index in [1.807, 2.05) is 42.7 Å². The Balaban J connectivity index is 1.44. The fraction of sp³-hybridized carbons (Fsp3) is 0.0909. The van der Waals surface area contributed by atoms with Crippen LogP contribution in [-0.4, -0.2) is 0 Å². The van der Waals surface area contributed by atoms with Crippen molar-refractivity contribution in [3.8, 4) is 11.1 Å². The lowest BCUT2D eigenvalue weighted by atomic mass is 9.90. The van der Waals surface area contributed by atoms with Crippen molar-refractivity contribution >= 4 is 17.5 Å². The maximum absolute atomic E-state index is 4.04. The topological polar surface area (TPSA) is 6.48 Å². The Morgan fingerprint density at radius 2 is 1.41 bits per heavy atom. The number of hydrogen-bond donors (Lipinski definition) is 0. The van der Waals surface area contributed by atoms with E-state index in [9.17, 15) is 0 Å². The van der Waals surface area contributed by atoms with Crippen molar-refractivity contribution in [3.05, 3.63) is 212 Å². The second-order valence-corrected chi connectivity index (χ2v) is 11.1. The number of benzene rings is 3. The molecule has 0 heterocycles. The van der Waals surface area contributed by atoms with Crippen LogP contribution in [0.3, 0.4) is 0 Å². The predicted octanol–water partition coefficient (Wildman–Crippen LogP) is 12.0. The normalized spacial score (nSPS) is 16.2. The van der Waals surface area contributed by atoms with E-state index in [0.717, 1.165) is 41.8 Å². The average Bonchev–Trinajstić information content (AvgIpc) is 3.11. The lowest BCUT2D eigenvalue weighted by Gasteiger charge is -2.37. The molecule has 1 unspecified atom stereocenters. The van der Waals surface area contributed by atoms with Gasteiger partial charge in [0.05, 0.1) is 6.04 Å². The van der Waals surface area contributed by atoms with Crippen LogP contribution in [0.15, 0.2) is 201 Å². The van der Waals surface area contributed by atoms with Gasteiger partial charge in [-0.3, -0.25) is 0 Å². The van der Waals surface area contributed by atoms with Gasteiger partial charge < -0.3 is 9.80 Å². The second kappa shape index (κ2) is 15.9. The molecule has 2 nitrogen and oxygen atoms in total. The molecular formula is C44H42N2. The highest BCUT2D eigenvalue weighted by molar-refractivity contribution is 5.72. The van der Waals surface area contributed by atoms with Crippen LogP contribution in [0.4, 0.5) is 11.4 Å². The van der Waals surface area contributed by atoms with Crippen LogP contribution in [0.2, 0.25) is 0 Å². The number of rotatable bonds is 13. The molecule has 2 aliphatic rings. The third-order valence-corrected chi connectivity index (χ3v) is 8.13. The Hall–Kier alpha value is -5.60. The van der Waals surface area contributed by atoms with Gasteiger partial charge in [-0.25, -0.2) is 0 Å². The first-order valence-corrected chi connectivity index (χ1v) is 15.8. The third-order valence-electron chi connectivity index (χ3n) is 8.13. The lowest BCUT2D eigenvalue weighted by Crippen LogP contribution is -2.29. The summed E-state index contributed by atoms with van der Waals surface area (Å²) >= 11 is 0. The zero-order valence-electron chi connectivity index (χ0n) is 26.5. The molecule has 228 valence electrons. The Morgan fingerprint density at radius 1 is 0.696 bits per heavy atom. The van der Waals surface area contributed by atoms with E-state index in [0.29, 0.717) is 0 Å². The summed E-state index contributed by atoms with van der Waals surface area (Å²) in [5.74, 6) is 0. The monoisotopic (exact) mass is 598 g/mol. The summed E-state index contributed by atoms with van der Waals surface area (Å²) < 4.78 is 0. The van der Waals surface area contributed by atoms with Crippen LogP contribution in [-0.2, 0) is 0 Å². The summed E-state index contributed by atoms with van der Waals surface area (Å²) in [6.07, 6.45) is 33.6. The van der Waals surface area contributed by atoms with Gasteiger partial charge in [-0.15, -0.1) is 0 Å². The SMILES string of the molecule is C=C\C=C/C(=C/C=C)/C=C/N(/C(C=C)=C/C=C)c1ccc(-c2ccc(N(C3=CCCC=C3)C3CC=Cc4ccccc43)cc2)cc1.